The lowest BCUT2D eigenvalue weighted by Crippen LogP contribution is -2.44. The Morgan fingerprint density at radius 2 is 1.86 bits per heavy atom. The molecule has 2 aromatic carbocycles. The molecule has 1 N–H and O–H groups in total. The van der Waals surface area contributed by atoms with Gasteiger partial charge in [0.15, 0.2) is 0 Å². The molecule has 3 rings (SSSR count). The van der Waals surface area contributed by atoms with Crippen LogP contribution in [0.3, 0.4) is 0 Å². The Labute approximate surface area is 172 Å². The summed E-state index contributed by atoms with van der Waals surface area (Å²) < 4.78 is 0. The Balaban J connectivity index is 1.76. The van der Waals surface area contributed by atoms with Crippen molar-refractivity contribution in [2.75, 3.05) is 31.0 Å². The fourth-order valence-corrected chi connectivity index (χ4v) is 4.19. The number of carbonyl (C=O) groups is 3. The molecule has 0 bridgehead atoms. The summed E-state index contributed by atoms with van der Waals surface area (Å²) in [7, 11) is 3.26. The van der Waals surface area contributed by atoms with Crippen molar-refractivity contribution in [3.8, 4) is 0 Å². The predicted molar refractivity (Wildman–Crippen MR) is 112 cm³/mol. The third-order valence-corrected chi connectivity index (χ3v) is 5.68. The molecular weight excluding hydrogens is 398 g/mol. The van der Waals surface area contributed by atoms with Gasteiger partial charge in [0.05, 0.1) is 16.5 Å². The standard InChI is InChI=1S/C20H20ClN3O3S/c1-23(2)20(27)15-10-14(8-9-16(15)21)22-18(25)17-11-28-12-24(17)19(26)13-6-4-3-5-7-13/h3-10,17H,11-12H2,1-2H3,(H,22,25). The van der Waals surface area contributed by atoms with Crippen LogP contribution >= 0.6 is 23.4 Å². The van der Waals surface area contributed by atoms with Crippen LogP contribution < -0.4 is 5.32 Å². The molecule has 0 saturated carbocycles. The van der Waals surface area contributed by atoms with Crippen molar-refractivity contribution in [1.82, 2.24) is 9.80 Å². The molecule has 3 amide bonds. The quantitative estimate of drug-likeness (QED) is 0.829. The molecule has 1 fully saturated rings. The molecule has 8 heteroatoms. The van der Waals surface area contributed by atoms with Gasteiger partial charge in [-0.2, -0.15) is 0 Å². The molecule has 146 valence electrons. The summed E-state index contributed by atoms with van der Waals surface area (Å²) in [4.78, 5) is 40.8. The summed E-state index contributed by atoms with van der Waals surface area (Å²) in [6.07, 6.45) is 0. The van der Waals surface area contributed by atoms with Gasteiger partial charge in [0.1, 0.15) is 6.04 Å². The number of carbonyl (C=O) groups excluding carboxylic acids is 3. The first-order chi connectivity index (χ1) is 13.4. The fraction of sp³-hybridized carbons (Fsp3) is 0.250. The van der Waals surface area contributed by atoms with E-state index in [4.69, 9.17) is 11.6 Å². The van der Waals surface area contributed by atoms with E-state index in [1.807, 2.05) is 6.07 Å². The van der Waals surface area contributed by atoms with E-state index in [1.54, 1.807) is 61.5 Å². The molecule has 1 atom stereocenters. The normalized spacial score (nSPS) is 16.0. The molecule has 1 heterocycles. The number of anilines is 1. The van der Waals surface area contributed by atoms with Gasteiger partial charge in [-0.25, -0.2) is 0 Å². The van der Waals surface area contributed by atoms with Crippen molar-refractivity contribution < 1.29 is 14.4 Å². The van der Waals surface area contributed by atoms with Crippen LogP contribution in [-0.2, 0) is 4.79 Å². The van der Waals surface area contributed by atoms with Crippen LogP contribution in [0.15, 0.2) is 48.5 Å². The summed E-state index contributed by atoms with van der Waals surface area (Å²) in [5.74, 6) is 0.252. The summed E-state index contributed by atoms with van der Waals surface area (Å²) in [6.45, 7) is 0. The first-order valence-electron chi connectivity index (χ1n) is 8.64. The highest BCUT2D eigenvalue weighted by Gasteiger charge is 2.35. The van der Waals surface area contributed by atoms with Gasteiger partial charge in [0, 0.05) is 31.1 Å². The molecule has 2 aromatic rings. The van der Waals surface area contributed by atoms with Gasteiger partial charge in [0.25, 0.3) is 11.8 Å². The topological polar surface area (TPSA) is 69.7 Å². The average molecular weight is 418 g/mol. The minimum atomic E-state index is -0.582. The van der Waals surface area contributed by atoms with Crippen LogP contribution in [0.5, 0.6) is 0 Å². The number of nitrogens with zero attached hydrogens (tertiary/aromatic N) is 2. The maximum atomic E-state index is 12.8. The van der Waals surface area contributed by atoms with Crippen LogP contribution in [0.4, 0.5) is 5.69 Å². The molecule has 28 heavy (non-hydrogen) atoms. The second-order valence-electron chi connectivity index (χ2n) is 6.54. The number of benzene rings is 2. The van der Waals surface area contributed by atoms with Crippen molar-refractivity contribution in [3.05, 3.63) is 64.7 Å². The van der Waals surface area contributed by atoms with Crippen LogP contribution in [0, 0.1) is 0 Å². The van der Waals surface area contributed by atoms with Crippen LogP contribution in [-0.4, -0.2) is 59.3 Å². The molecule has 6 nitrogen and oxygen atoms in total. The lowest BCUT2D eigenvalue weighted by molar-refractivity contribution is -0.119. The molecule has 0 radical (unpaired) electrons. The Morgan fingerprint density at radius 1 is 1.14 bits per heavy atom. The van der Waals surface area contributed by atoms with Gasteiger partial charge >= 0.3 is 0 Å². The largest absolute Gasteiger partial charge is 0.345 e. The van der Waals surface area contributed by atoms with E-state index in [2.05, 4.69) is 5.32 Å². The number of hydrogen-bond donors (Lipinski definition) is 1. The Bertz CT molecular complexity index is 905. The van der Waals surface area contributed by atoms with Crippen LogP contribution in [0.2, 0.25) is 5.02 Å². The van der Waals surface area contributed by atoms with E-state index in [0.29, 0.717) is 33.5 Å². The van der Waals surface area contributed by atoms with Gasteiger partial charge < -0.3 is 15.1 Å². The van der Waals surface area contributed by atoms with Gasteiger partial charge in [-0.3, -0.25) is 14.4 Å². The average Bonchev–Trinajstić information content (AvgIpc) is 3.19. The highest BCUT2D eigenvalue weighted by atomic mass is 35.5. The second kappa shape index (κ2) is 8.67. The van der Waals surface area contributed by atoms with Gasteiger partial charge in [0.2, 0.25) is 5.91 Å². The number of hydrogen-bond acceptors (Lipinski definition) is 4. The Kier molecular flexibility index (Phi) is 6.26. The molecule has 1 aliphatic heterocycles. The molecule has 1 unspecified atom stereocenters. The minimum absolute atomic E-state index is 0.176. The van der Waals surface area contributed by atoms with Crippen molar-refractivity contribution >= 4 is 46.8 Å². The third kappa shape index (κ3) is 4.31. The van der Waals surface area contributed by atoms with Crippen molar-refractivity contribution in [2.45, 2.75) is 6.04 Å². The van der Waals surface area contributed by atoms with E-state index >= 15 is 0 Å². The molecule has 0 spiro atoms. The highest BCUT2D eigenvalue weighted by molar-refractivity contribution is 7.99. The van der Waals surface area contributed by atoms with E-state index in [1.165, 1.54) is 16.7 Å². The third-order valence-electron chi connectivity index (χ3n) is 4.34. The maximum Gasteiger partial charge on any atom is 0.255 e. The number of halogens is 1. The maximum absolute atomic E-state index is 12.8. The zero-order valence-electron chi connectivity index (χ0n) is 15.5. The number of rotatable bonds is 4. The lowest BCUT2D eigenvalue weighted by Gasteiger charge is -2.23. The summed E-state index contributed by atoms with van der Waals surface area (Å²) in [6, 6.07) is 13.1. The van der Waals surface area contributed by atoms with Crippen LogP contribution in [0.1, 0.15) is 20.7 Å². The summed E-state index contributed by atoms with van der Waals surface area (Å²) >= 11 is 7.64. The van der Waals surface area contributed by atoms with Gasteiger partial charge in [-0.05, 0) is 30.3 Å². The number of nitrogens with one attached hydrogen (secondary N) is 1. The molecule has 0 aromatic heterocycles. The summed E-state index contributed by atoms with van der Waals surface area (Å²) in [5.41, 5.74) is 1.32. The molecule has 1 saturated heterocycles. The minimum Gasteiger partial charge on any atom is -0.345 e. The SMILES string of the molecule is CN(C)C(=O)c1cc(NC(=O)C2CSCN2C(=O)c2ccccc2)ccc1Cl. The van der Waals surface area contributed by atoms with E-state index < -0.39 is 6.04 Å². The Morgan fingerprint density at radius 3 is 2.54 bits per heavy atom. The summed E-state index contributed by atoms with van der Waals surface area (Å²) in [5, 5.41) is 3.12. The Hall–Kier alpha value is -2.51. The first kappa shape index (κ1) is 20.2. The highest BCUT2D eigenvalue weighted by Crippen LogP contribution is 2.26. The van der Waals surface area contributed by atoms with Crippen molar-refractivity contribution in [3.63, 3.8) is 0 Å². The fourth-order valence-electron chi connectivity index (χ4n) is 2.84. The smallest absolute Gasteiger partial charge is 0.255 e. The van der Waals surface area contributed by atoms with E-state index in [0.717, 1.165) is 0 Å². The number of amides is 3. The van der Waals surface area contributed by atoms with Crippen molar-refractivity contribution in [1.29, 1.82) is 0 Å². The molecule has 0 aliphatic carbocycles. The monoisotopic (exact) mass is 417 g/mol. The zero-order valence-corrected chi connectivity index (χ0v) is 17.1. The second-order valence-corrected chi connectivity index (χ2v) is 7.95. The predicted octanol–water partition coefficient (Wildman–Crippen LogP) is 3.20. The van der Waals surface area contributed by atoms with Crippen LogP contribution in [0.25, 0.3) is 0 Å². The molecular formula is C20H20ClN3O3S. The van der Waals surface area contributed by atoms with Gasteiger partial charge in [-0.15, -0.1) is 11.8 Å². The first-order valence-corrected chi connectivity index (χ1v) is 10.2. The van der Waals surface area contributed by atoms with Gasteiger partial charge in [-0.1, -0.05) is 29.8 Å². The van der Waals surface area contributed by atoms with E-state index in [9.17, 15) is 14.4 Å². The molecule has 1 aliphatic rings. The lowest BCUT2D eigenvalue weighted by atomic mass is 10.1. The number of thioether (sulfide) groups is 1. The van der Waals surface area contributed by atoms with Crippen molar-refractivity contribution in [2.24, 2.45) is 0 Å². The van der Waals surface area contributed by atoms with E-state index in [-0.39, 0.29) is 17.7 Å². The zero-order chi connectivity index (χ0) is 20.3.